The van der Waals surface area contributed by atoms with Crippen LogP contribution in [0.1, 0.15) is 10.4 Å². The Bertz CT molecular complexity index is 406. The molecule has 2 rings (SSSR count). The van der Waals surface area contributed by atoms with Crippen molar-refractivity contribution in [3.05, 3.63) is 21.3 Å². The molecule has 74 valence electrons. The summed E-state index contributed by atoms with van der Waals surface area (Å²) in [5.74, 6) is -0.311. The van der Waals surface area contributed by atoms with Crippen LogP contribution in [0.25, 0.3) is 0 Å². The summed E-state index contributed by atoms with van der Waals surface area (Å²) >= 11 is 1.89. The van der Waals surface area contributed by atoms with E-state index in [1.807, 2.05) is 22.6 Å². The second-order valence-electron chi connectivity index (χ2n) is 2.61. The van der Waals surface area contributed by atoms with Crippen LogP contribution < -0.4 is 9.47 Å². The Morgan fingerprint density at radius 1 is 1.36 bits per heavy atom. The minimum atomic E-state index is -3.68. The van der Waals surface area contributed by atoms with Crippen molar-refractivity contribution in [3.8, 4) is 11.5 Å². The fourth-order valence-corrected chi connectivity index (χ4v) is 1.75. The minimum absolute atomic E-state index is 0.0593. The van der Waals surface area contributed by atoms with Crippen LogP contribution in [0.15, 0.2) is 12.1 Å². The molecule has 0 unspecified atom stereocenters. The lowest BCUT2D eigenvalue weighted by Crippen LogP contribution is -2.26. The van der Waals surface area contributed by atoms with Crippen LogP contribution in [0.4, 0.5) is 8.78 Å². The van der Waals surface area contributed by atoms with Crippen molar-refractivity contribution in [3.63, 3.8) is 0 Å². The van der Waals surface area contributed by atoms with Gasteiger partial charge in [-0.2, -0.15) is 0 Å². The quantitative estimate of drug-likeness (QED) is 0.590. The molecule has 6 heteroatoms. The molecule has 3 nitrogen and oxygen atoms in total. The molecule has 0 atom stereocenters. The maximum atomic E-state index is 12.6. The summed E-state index contributed by atoms with van der Waals surface area (Å²) in [5, 5.41) is 0. The molecular formula is C8H3F2IO3. The molecule has 0 aromatic heterocycles. The highest BCUT2D eigenvalue weighted by molar-refractivity contribution is 14.1. The van der Waals surface area contributed by atoms with Gasteiger partial charge < -0.3 is 9.47 Å². The van der Waals surface area contributed by atoms with Crippen LogP contribution >= 0.6 is 22.6 Å². The maximum absolute atomic E-state index is 12.6. The summed E-state index contributed by atoms with van der Waals surface area (Å²) in [5.41, 5.74) is 0.0593. The van der Waals surface area contributed by atoms with E-state index >= 15 is 0 Å². The molecule has 1 aromatic rings. The molecule has 1 aromatic carbocycles. The number of hydrogen-bond acceptors (Lipinski definition) is 3. The average molecular weight is 312 g/mol. The normalized spacial score (nSPS) is 16.8. The maximum Gasteiger partial charge on any atom is 0.586 e. The Morgan fingerprint density at radius 3 is 2.71 bits per heavy atom. The fraction of sp³-hybridized carbons (Fsp3) is 0.125. The van der Waals surface area contributed by atoms with E-state index in [9.17, 15) is 13.6 Å². The number of benzene rings is 1. The smallest absolute Gasteiger partial charge is 0.395 e. The van der Waals surface area contributed by atoms with Gasteiger partial charge >= 0.3 is 6.29 Å². The van der Waals surface area contributed by atoms with E-state index in [0.29, 0.717) is 9.86 Å². The van der Waals surface area contributed by atoms with Gasteiger partial charge in [-0.15, -0.1) is 8.78 Å². The molecular weight excluding hydrogens is 309 g/mol. The van der Waals surface area contributed by atoms with Gasteiger partial charge in [0, 0.05) is 3.57 Å². The molecule has 1 heterocycles. The number of carbonyl (C=O) groups excluding carboxylic acids is 1. The molecule has 0 radical (unpaired) electrons. The Kier molecular flexibility index (Phi) is 2.09. The van der Waals surface area contributed by atoms with Crippen LogP contribution in [-0.4, -0.2) is 12.6 Å². The highest BCUT2D eigenvalue weighted by atomic mass is 127. The second kappa shape index (κ2) is 3.04. The first-order chi connectivity index (χ1) is 6.52. The molecule has 0 saturated carbocycles. The number of rotatable bonds is 1. The zero-order valence-corrected chi connectivity index (χ0v) is 8.75. The van der Waals surface area contributed by atoms with Gasteiger partial charge in [0.1, 0.15) is 0 Å². The minimum Gasteiger partial charge on any atom is -0.395 e. The molecule has 0 N–H and O–H groups in total. The largest absolute Gasteiger partial charge is 0.586 e. The van der Waals surface area contributed by atoms with Gasteiger partial charge in [0.15, 0.2) is 17.8 Å². The van der Waals surface area contributed by atoms with Gasteiger partial charge in [0.05, 0.1) is 5.56 Å². The van der Waals surface area contributed by atoms with E-state index in [1.165, 1.54) is 12.1 Å². The third-order valence-electron chi connectivity index (χ3n) is 1.62. The second-order valence-corrected chi connectivity index (χ2v) is 3.85. The number of fused-ring (bicyclic) bond motifs is 1. The Morgan fingerprint density at radius 2 is 2.07 bits per heavy atom. The van der Waals surface area contributed by atoms with E-state index in [-0.39, 0.29) is 17.1 Å². The molecule has 0 spiro atoms. The van der Waals surface area contributed by atoms with Crippen molar-refractivity contribution in [1.82, 2.24) is 0 Å². The van der Waals surface area contributed by atoms with Gasteiger partial charge in [0.25, 0.3) is 0 Å². The van der Waals surface area contributed by atoms with Crippen molar-refractivity contribution in [2.24, 2.45) is 0 Å². The van der Waals surface area contributed by atoms with E-state index in [1.54, 1.807) is 0 Å². The molecule has 0 fully saturated rings. The summed E-state index contributed by atoms with van der Waals surface area (Å²) in [7, 11) is 0. The molecule has 0 bridgehead atoms. The Labute approximate surface area is 91.1 Å². The third kappa shape index (κ3) is 1.54. The molecule has 1 aliphatic heterocycles. The van der Waals surface area contributed by atoms with Crippen LogP contribution in [0, 0.1) is 3.57 Å². The predicted molar refractivity (Wildman–Crippen MR) is 50.7 cm³/mol. The first kappa shape index (κ1) is 9.63. The van der Waals surface area contributed by atoms with Gasteiger partial charge in [-0.1, -0.05) is 0 Å². The van der Waals surface area contributed by atoms with Gasteiger partial charge in [0.2, 0.25) is 0 Å². The summed E-state index contributed by atoms with van der Waals surface area (Å²) in [6.07, 6.45) is -3.23. The topological polar surface area (TPSA) is 35.5 Å². The van der Waals surface area contributed by atoms with Gasteiger partial charge in [-0.25, -0.2) is 0 Å². The van der Waals surface area contributed by atoms with E-state index < -0.39 is 6.29 Å². The number of aldehydes is 1. The average Bonchev–Trinajstić information content (AvgIpc) is 2.37. The molecule has 1 aliphatic rings. The number of carbonyl (C=O) groups is 1. The molecule has 0 aliphatic carbocycles. The zero-order valence-electron chi connectivity index (χ0n) is 6.59. The fourth-order valence-electron chi connectivity index (χ4n) is 1.13. The standard InChI is InChI=1S/C8H3F2IO3/c9-8(10)13-6-2-5(11)1-4(3-12)7(6)14-8/h1-3H. The highest BCUT2D eigenvalue weighted by Crippen LogP contribution is 2.43. The lowest BCUT2D eigenvalue weighted by molar-refractivity contribution is -0.286. The van der Waals surface area contributed by atoms with Crippen molar-refractivity contribution >= 4 is 28.9 Å². The van der Waals surface area contributed by atoms with Gasteiger partial charge in [-0.05, 0) is 34.7 Å². The summed E-state index contributed by atoms with van der Waals surface area (Å²) in [6.45, 7) is 0. The Hall–Kier alpha value is -0.920. The van der Waals surface area contributed by atoms with E-state index in [4.69, 9.17) is 0 Å². The number of ether oxygens (including phenoxy) is 2. The van der Waals surface area contributed by atoms with Crippen molar-refractivity contribution in [2.45, 2.75) is 6.29 Å². The lowest BCUT2D eigenvalue weighted by Gasteiger charge is -2.04. The number of halogens is 3. The van der Waals surface area contributed by atoms with Crippen molar-refractivity contribution in [1.29, 1.82) is 0 Å². The lowest BCUT2D eigenvalue weighted by atomic mass is 10.2. The van der Waals surface area contributed by atoms with Crippen LogP contribution in [-0.2, 0) is 0 Å². The molecule has 0 saturated heterocycles. The zero-order chi connectivity index (χ0) is 10.3. The molecule has 14 heavy (non-hydrogen) atoms. The SMILES string of the molecule is O=Cc1cc(I)cc2c1OC(F)(F)O2. The monoisotopic (exact) mass is 312 g/mol. The first-order valence-corrected chi connectivity index (χ1v) is 4.64. The van der Waals surface area contributed by atoms with Crippen molar-refractivity contribution < 1.29 is 23.0 Å². The number of hydrogen-bond donors (Lipinski definition) is 0. The van der Waals surface area contributed by atoms with E-state index in [2.05, 4.69) is 9.47 Å². The summed E-state index contributed by atoms with van der Waals surface area (Å²) in [6, 6.07) is 2.82. The third-order valence-corrected chi connectivity index (χ3v) is 2.25. The predicted octanol–water partition coefficient (Wildman–Crippen LogP) is 2.43. The van der Waals surface area contributed by atoms with E-state index in [0.717, 1.165) is 0 Å². The number of alkyl halides is 2. The first-order valence-electron chi connectivity index (χ1n) is 3.56. The summed E-state index contributed by atoms with van der Waals surface area (Å²) < 4.78 is 34.3. The Balaban J connectivity index is 2.56. The summed E-state index contributed by atoms with van der Waals surface area (Å²) in [4.78, 5) is 10.5. The molecule has 0 amide bonds. The van der Waals surface area contributed by atoms with Crippen LogP contribution in [0.5, 0.6) is 11.5 Å². The van der Waals surface area contributed by atoms with Crippen LogP contribution in [0.2, 0.25) is 0 Å². The highest BCUT2D eigenvalue weighted by Gasteiger charge is 2.44. The van der Waals surface area contributed by atoms with Crippen LogP contribution in [0.3, 0.4) is 0 Å². The van der Waals surface area contributed by atoms with Crippen molar-refractivity contribution in [2.75, 3.05) is 0 Å². The van der Waals surface area contributed by atoms with Gasteiger partial charge in [-0.3, -0.25) is 4.79 Å².